The first-order valence-electron chi connectivity index (χ1n) is 8.71. The number of halogens is 3. The third kappa shape index (κ3) is 7.48. The Morgan fingerprint density at radius 2 is 1.54 bits per heavy atom. The summed E-state index contributed by atoms with van der Waals surface area (Å²) in [7, 11) is 4.00. The predicted octanol–water partition coefficient (Wildman–Crippen LogP) is 4.05. The highest BCUT2D eigenvalue weighted by Crippen LogP contribution is 2.30. The SMILES string of the molecule is CN(C)CCCOc1ccc(NC(=O)COc2ccc(C(F)(F)F)cc2)cc1. The summed E-state index contributed by atoms with van der Waals surface area (Å²) < 4.78 is 48.3. The molecular weight excluding hydrogens is 373 g/mol. The molecule has 2 rings (SSSR count). The largest absolute Gasteiger partial charge is 0.494 e. The van der Waals surface area contributed by atoms with Crippen molar-refractivity contribution in [1.82, 2.24) is 4.90 Å². The van der Waals surface area contributed by atoms with Crippen LogP contribution in [-0.2, 0) is 11.0 Å². The van der Waals surface area contributed by atoms with Crippen molar-refractivity contribution in [3.05, 3.63) is 54.1 Å². The zero-order valence-corrected chi connectivity index (χ0v) is 15.8. The van der Waals surface area contributed by atoms with Crippen LogP contribution in [0.15, 0.2) is 48.5 Å². The van der Waals surface area contributed by atoms with E-state index >= 15 is 0 Å². The summed E-state index contributed by atoms with van der Waals surface area (Å²) in [5.41, 5.74) is -0.199. The summed E-state index contributed by atoms with van der Waals surface area (Å²) in [5.74, 6) is 0.474. The monoisotopic (exact) mass is 396 g/mol. The number of carbonyl (C=O) groups is 1. The van der Waals surface area contributed by atoms with Crippen molar-refractivity contribution in [1.29, 1.82) is 0 Å². The van der Waals surface area contributed by atoms with E-state index in [9.17, 15) is 18.0 Å². The number of carbonyl (C=O) groups excluding carboxylic acids is 1. The average molecular weight is 396 g/mol. The van der Waals surface area contributed by atoms with Crippen LogP contribution >= 0.6 is 0 Å². The van der Waals surface area contributed by atoms with E-state index in [1.54, 1.807) is 24.3 Å². The summed E-state index contributed by atoms with van der Waals surface area (Å²) in [4.78, 5) is 14.0. The van der Waals surface area contributed by atoms with E-state index in [1.807, 2.05) is 14.1 Å². The normalized spacial score (nSPS) is 11.4. The van der Waals surface area contributed by atoms with Gasteiger partial charge in [-0.3, -0.25) is 4.79 Å². The van der Waals surface area contributed by atoms with Gasteiger partial charge >= 0.3 is 6.18 Å². The molecule has 152 valence electrons. The van der Waals surface area contributed by atoms with Crippen LogP contribution in [-0.4, -0.2) is 44.7 Å². The minimum absolute atomic E-state index is 0.185. The summed E-state index contributed by atoms with van der Waals surface area (Å²) in [6.45, 7) is 1.23. The van der Waals surface area contributed by atoms with Crippen molar-refractivity contribution in [2.75, 3.05) is 39.2 Å². The van der Waals surface area contributed by atoms with E-state index in [4.69, 9.17) is 9.47 Å². The number of nitrogens with one attached hydrogen (secondary N) is 1. The molecule has 0 aliphatic heterocycles. The molecule has 0 aromatic heterocycles. The molecule has 0 saturated carbocycles. The fourth-order valence-electron chi connectivity index (χ4n) is 2.29. The quantitative estimate of drug-likeness (QED) is 0.650. The predicted molar refractivity (Wildman–Crippen MR) is 101 cm³/mol. The molecular formula is C20H23F3N2O3. The lowest BCUT2D eigenvalue weighted by Crippen LogP contribution is -2.20. The Kier molecular flexibility index (Phi) is 7.69. The Labute approximate surface area is 162 Å². The van der Waals surface area contributed by atoms with Gasteiger partial charge in [-0.2, -0.15) is 13.2 Å². The first-order chi connectivity index (χ1) is 13.2. The Hall–Kier alpha value is -2.74. The molecule has 0 unspecified atom stereocenters. The maximum atomic E-state index is 12.5. The fraction of sp³-hybridized carbons (Fsp3) is 0.350. The summed E-state index contributed by atoms with van der Waals surface area (Å²) in [6, 6.07) is 11.1. The van der Waals surface area contributed by atoms with Gasteiger partial charge < -0.3 is 19.7 Å². The molecule has 0 bridgehead atoms. The minimum Gasteiger partial charge on any atom is -0.494 e. The molecule has 1 N–H and O–H groups in total. The first-order valence-corrected chi connectivity index (χ1v) is 8.71. The Morgan fingerprint density at radius 1 is 0.964 bits per heavy atom. The number of rotatable bonds is 9. The lowest BCUT2D eigenvalue weighted by molar-refractivity contribution is -0.137. The molecule has 0 aliphatic rings. The molecule has 2 aromatic carbocycles. The summed E-state index contributed by atoms with van der Waals surface area (Å²) in [5, 5.41) is 2.65. The number of hydrogen-bond donors (Lipinski definition) is 1. The highest BCUT2D eigenvalue weighted by Gasteiger charge is 2.30. The minimum atomic E-state index is -4.40. The van der Waals surface area contributed by atoms with Crippen molar-refractivity contribution in [2.45, 2.75) is 12.6 Å². The molecule has 5 nitrogen and oxygen atoms in total. The van der Waals surface area contributed by atoms with Gasteiger partial charge in [-0.15, -0.1) is 0 Å². The summed E-state index contributed by atoms with van der Waals surface area (Å²) in [6.07, 6.45) is -3.50. The second kappa shape index (κ2) is 9.98. The van der Waals surface area contributed by atoms with Crippen molar-refractivity contribution in [2.24, 2.45) is 0 Å². The van der Waals surface area contributed by atoms with E-state index in [1.165, 1.54) is 12.1 Å². The van der Waals surface area contributed by atoms with Crippen LogP contribution in [0.5, 0.6) is 11.5 Å². The number of anilines is 1. The fourth-order valence-corrected chi connectivity index (χ4v) is 2.29. The number of amides is 1. The van der Waals surface area contributed by atoms with Gasteiger partial charge in [0.15, 0.2) is 6.61 Å². The molecule has 0 saturated heterocycles. The molecule has 2 aromatic rings. The van der Waals surface area contributed by atoms with Gasteiger partial charge in [0.2, 0.25) is 0 Å². The molecule has 0 aliphatic carbocycles. The second-order valence-electron chi connectivity index (χ2n) is 6.39. The molecule has 8 heteroatoms. The highest BCUT2D eigenvalue weighted by atomic mass is 19.4. The molecule has 0 radical (unpaired) electrons. The molecule has 0 fully saturated rings. The van der Waals surface area contributed by atoms with E-state index in [-0.39, 0.29) is 12.4 Å². The van der Waals surface area contributed by atoms with Crippen LogP contribution < -0.4 is 14.8 Å². The van der Waals surface area contributed by atoms with Gasteiger partial charge in [0.05, 0.1) is 12.2 Å². The van der Waals surface area contributed by atoms with Gasteiger partial charge in [-0.05, 0) is 69.0 Å². The maximum Gasteiger partial charge on any atom is 0.416 e. The third-order valence-corrected chi connectivity index (χ3v) is 3.71. The first kappa shape index (κ1) is 21.6. The maximum absolute atomic E-state index is 12.5. The van der Waals surface area contributed by atoms with Crippen LogP contribution in [0.1, 0.15) is 12.0 Å². The van der Waals surface area contributed by atoms with Gasteiger partial charge in [-0.25, -0.2) is 0 Å². The van der Waals surface area contributed by atoms with Gasteiger partial charge in [-0.1, -0.05) is 0 Å². The molecule has 0 atom stereocenters. The number of hydrogen-bond acceptors (Lipinski definition) is 4. The van der Waals surface area contributed by atoms with Crippen LogP contribution in [0.4, 0.5) is 18.9 Å². The smallest absolute Gasteiger partial charge is 0.416 e. The lowest BCUT2D eigenvalue weighted by Gasteiger charge is -2.11. The highest BCUT2D eigenvalue weighted by molar-refractivity contribution is 5.91. The molecule has 28 heavy (non-hydrogen) atoms. The van der Waals surface area contributed by atoms with Gasteiger partial charge in [0.25, 0.3) is 5.91 Å². The van der Waals surface area contributed by atoms with Crippen molar-refractivity contribution in [3.8, 4) is 11.5 Å². The molecule has 1 amide bonds. The number of nitrogens with zero attached hydrogens (tertiary/aromatic N) is 1. The third-order valence-electron chi connectivity index (χ3n) is 3.71. The van der Waals surface area contributed by atoms with E-state index in [0.717, 1.165) is 25.1 Å². The van der Waals surface area contributed by atoms with E-state index in [2.05, 4.69) is 10.2 Å². The Balaban J connectivity index is 1.75. The van der Waals surface area contributed by atoms with Crippen molar-refractivity contribution >= 4 is 11.6 Å². The van der Waals surface area contributed by atoms with Gasteiger partial charge in [0.1, 0.15) is 11.5 Å². The Morgan fingerprint density at radius 3 is 2.11 bits per heavy atom. The number of ether oxygens (including phenoxy) is 2. The topological polar surface area (TPSA) is 50.8 Å². The molecule has 0 spiro atoms. The van der Waals surface area contributed by atoms with E-state index < -0.39 is 17.6 Å². The second-order valence-corrected chi connectivity index (χ2v) is 6.39. The number of alkyl halides is 3. The van der Waals surface area contributed by atoms with Crippen LogP contribution in [0, 0.1) is 0 Å². The van der Waals surface area contributed by atoms with E-state index in [0.29, 0.717) is 18.0 Å². The number of benzene rings is 2. The summed E-state index contributed by atoms with van der Waals surface area (Å²) >= 11 is 0. The zero-order chi connectivity index (χ0) is 20.6. The van der Waals surface area contributed by atoms with Crippen LogP contribution in [0.25, 0.3) is 0 Å². The lowest BCUT2D eigenvalue weighted by atomic mass is 10.2. The van der Waals surface area contributed by atoms with Crippen molar-refractivity contribution in [3.63, 3.8) is 0 Å². The molecule has 0 heterocycles. The van der Waals surface area contributed by atoms with Crippen molar-refractivity contribution < 1.29 is 27.4 Å². The van der Waals surface area contributed by atoms with Gasteiger partial charge in [0, 0.05) is 12.2 Å². The Bertz CT molecular complexity index is 745. The zero-order valence-electron chi connectivity index (χ0n) is 15.8. The standard InChI is InChI=1S/C20H23F3N2O3/c1-25(2)12-3-13-27-17-10-6-16(7-11-17)24-19(26)14-28-18-8-4-15(5-9-18)20(21,22)23/h4-11H,3,12-14H2,1-2H3,(H,24,26). The van der Waals surface area contributed by atoms with Crippen LogP contribution in [0.2, 0.25) is 0 Å². The van der Waals surface area contributed by atoms with Crippen LogP contribution in [0.3, 0.4) is 0 Å². The average Bonchev–Trinajstić information content (AvgIpc) is 2.64.